The highest BCUT2D eigenvalue weighted by molar-refractivity contribution is 9.11. The van der Waals surface area contributed by atoms with E-state index in [1.165, 1.54) is 11.1 Å². The standard InChI is InChI=1S/C14H15BrN2OS/c15-13-6-9(8-19-13)7-16-11-2-1-3-12-10(11)4-5-14(18)17-12/h4-6,8,11,16H,1-3,7H2,(H,17,18). The summed E-state index contributed by atoms with van der Waals surface area (Å²) in [4.78, 5) is 14.3. The summed E-state index contributed by atoms with van der Waals surface area (Å²) >= 11 is 5.19. The van der Waals surface area contributed by atoms with Crippen molar-refractivity contribution >= 4 is 27.3 Å². The van der Waals surface area contributed by atoms with Gasteiger partial charge in [0.05, 0.1) is 3.79 Å². The summed E-state index contributed by atoms with van der Waals surface area (Å²) in [6.45, 7) is 0.866. The van der Waals surface area contributed by atoms with E-state index in [2.05, 4.69) is 37.7 Å². The van der Waals surface area contributed by atoms with Gasteiger partial charge in [-0.15, -0.1) is 11.3 Å². The van der Waals surface area contributed by atoms with E-state index in [0.29, 0.717) is 6.04 Å². The molecule has 0 saturated carbocycles. The summed E-state index contributed by atoms with van der Waals surface area (Å²) in [5.74, 6) is 0. The van der Waals surface area contributed by atoms with Crippen molar-refractivity contribution in [2.24, 2.45) is 0 Å². The van der Waals surface area contributed by atoms with Gasteiger partial charge < -0.3 is 10.3 Å². The molecule has 19 heavy (non-hydrogen) atoms. The molecule has 0 amide bonds. The zero-order valence-electron chi connectivity index (χ0n) is 10.4. The molecule has 0 spiro atoms. The first-order valence-corrected chi connectivity index (χ1v) is 8.08. The Labute approximate surface area is 124 Å². The highest BCUT2D eigenvalue weighted by atomic mass is 79.9. The Hall–Kier alpha value is -0.910. The Balaban J connectivity index is 1.75. The van der Waals surface area contributed by atoms with Gasteiger partial charge >= 0.3 is 0 Å². The molecule has 2 aromatic heterocycles. The number of aryl methyl sites for hydroxylation is 1. The number of rotatable bonds is 3. The van der Waals surface area contributed by atoms with Crippen LogP contribution in [0.2, 0.25) is 0 Å². The van der Waals surface area contributed by atoms with Gasteiger partial charge in [0.2, 0.25) is 5.56 Å². The lowest BCUT2D eigenvalue weighted by Crippen LogP contribution is -2.26. The Morgan fingerprint density at radius 2 is 2.37 bits per heavy atom. The number of hydrogen-bond acceptors (Lipinski definition) is 3. The van der Waals surface area contributed by atoms with Crippen LogP contribution in [0.15, 0.2) is 32.2 Å². The van der Waals surface area contributed by atoms with Crippen molar-refractivity contribution < 1.29 is 0 Å². The number of H-pyrrole nitrogens is 1. The van der Waals surface area contributed by atoms with Gasteiger partial charge in [0.1, 0.15) is 0 Å². The predicted octanol–water partition coefficient (Wildman–Crippen LogP) is 3.37. The van der Waals surface area contributed by atoms with Crippen LogP contribution in [0.1, 0.15) is 35.7 Å². The Morgan fingerprint density at radius 3 is 3.16 bits per heavy atom. The summed E-state index contributed by atoms with van der Waals surface area (Å²) in [5, 5.41) is 5.75. The van der Waals surface area contributed by atoms with E-state index in [1.807, 2.05) is 6.07 Å². The van der Waals surface area contributed by atoms with Crippen molar-refractivity contribution in [3.05, 3.63) is 54.5 Å². The summed E-state index contributed by atoms with van der Waals surface area (Å²) in [6, 6.07) is 6.09. The molecule has 1 atom stereocenters. The summed E-state index contributed by atoms with van der Waals surface area (Å²) in [5.41, 5.74) is 3.65. The van der Waals surface area contributed by atoms with Crippen LogP contribution in [0.25, 0.3) is 0 Å². The van der Waals surface area contributed by atoms with Crippen LogP contribution in [0.3, 0.4) is 0 Å². The van der Waals surface area contributed by atoms with Gasteiger partial charge in [-0.3, -0.25) is 4.79 Å². The normalized spacial score (nSPS) is 18.3. The number of aromatic amines is 1. The fourth-order valence-corrected chi connectivity index (χ4v) is 3.80. The fraction of sp³-hybridized carbons (Fsp3) is 0.357. The van der Waals surface area contributed by atoms with Crippen molar-refractivity contribution in [2.75, 3.05) is 0 Å². The average molecular weight is 339 g/mol. The van der Waals surface area contributed by atoms with E-state index in [-0.39, 0.29) is 5.56 Å². The maximum atomic E-state index is 11.4. The van der Waals surface area contributed by atoms with E-state index in [1.54, 1.807) is 17.4 Å². The number of halogens is 1. The zero-order valence-corrected chi connectivity index (χ0v) is 12.8. The maximum absolute atomic E-state index is 11.4. The van der Waals surface area contributed by atoms with Gasteiger partial charge in [-0.25, -0.2) is 0 Å². The van der Waals surface area contributed by atoms with Crippen molar-refractivity contribution in [2.45, 2.75) is 31.8 Å². The molecule has 0 radical (unpaired) electrons. The fourth-order valence-electron chi connectivity index (χ4n) is 2.59. The molecule has 3 rings (SSSR count). The molecular weight excluding hydrogens is 324 g/mol. The van der Waals surface area contributed by atoms with Crippen molar-refractivity contribution in [1.82, 2.24) is 10.3 Å². The number of aromatic nitrogens is 1. The van der Waals surface area contributed by atoms with Crippen molar-refractivity contribution in [3.8, 4) is 0 Å². The van der Waals surface area contributed by atoms with Gasteiger partial charge in [-0.2, -0.15) is 0 Å². The van der Waals surface area contributed by atoms with Crippen LogP contribution in [-0.2, 0) is 13.0 Å². The summed E-state index contributed by atoms with van der Waals surface area (Å²) in [6.07, 6.45) is 3.23. The zero-order chi connectivity index (χ0) is 13.2. The quantitative estimate of drug-likeness (QED) is 0.901. The van der Waals surface area contributed by atoms with Crippen molar-refractivity contribution in [1.29, 1.82) is 0 Å². The molecule has 0 fully saturated rings. The number of thiophene rings is 1. The van der Waals surface area contributed by atoms with Crippen LogP contribution >= 0.6 is 27.3 Å². The summed E-state index contributed by atoms with van der Waals surface area (Å²) < 4.78 is 1.16. The minimum atomic E-state index is 0.00108. The molecule has 0 saturated heterocycles. The van der Waals surface area contributed by atoms with Gasteiger partial charge in [-0.05, 0) is 57.8 Å². The SMILES string of the molecule is O=c1ccc2c([nH]1)CCCC2NCc1csc(Br)c1. The molecule has 100 valence electrons. The lowest BCUT2D eigenvalue weighted by atomic mass is 9.91. The van der Waals surface area contributed by atoms with Crippen LogP contribution < -0.4 is 10.9 Å². The second-order valence-electron chi connectivity index (χ2n) is 4.84. The lowest BCUT2D eigenvalue weighted by molar-refractivity contribution is 0.454. The molecule has 0 bridgehead atoms. The maximum Gasteiger partial charge on any atom is 0.248 e. The Bertz CT molecular complexity index is 634. The van der Waals surface area contributed by atoms with Gasteiger partial charge in [0.25, 0.3) is 0 Å². The van der Waals surface area contributed by atoms with Crippen LogP contribution in [-0.4, -0.2) is 4.98 Å². The number of pyridine rings is 1. The van der Waals surface area contributed by atoms with Crippen LogP contribution in [0, 0.1) is 0 Å². The molecule has 1 aliphatic rings. The Morgan fingerprint density at radius 1 is 1.47 bits per heavy atom. The first-order chi connectivity index (χ1) is 9.22. The molecule has 2 heterocycles. The minimum Gasteiger partial charge on any atom is -0.326 e. The van der Waals surface area contributed by atoms with Gasteiger partial charge in [-0.1, -0.05) is 6.07 Å². The Kier molecular flexibility index (Phi) is 3.86. The molecular formula is C14H15BrN2OS. The molecule has 3 nitrogen and oxygen atoms in total. The first kappa shape index (κ1) is 13.1. The molecule has 2 aromatic rings. The lowest BCUT2D eigenvalue weighted by Gasteiger charge is -2.25. The number of hydrogen-bond donors (Lipinski definition) is 2. The third kappa shape index (κ3) is 2.99. The smallest absolute Gasteiger partial charge is 0.248 e. The summed E-state index contributed by atoms with van der Waals surface area (Å²) in [7, 11) is 0. The molecule has 5 heteroatoms. The third-order valence-electron chi connectivity index (χ3n) is 3.51. The monoisotopic (exact) mass is 338 g/mol. The van der Waals surface area contributed by atoms with E-state index in [0.717, 1.165) is 35.3 Å². The molecule has 0 aliphatic heterocycles. The number of nitrogens with one attached hydrogen (secondary N) is 2. The number of fused-ring (bicyclic) bond motifs is 1. The van der Waals surface area contributed by atoms with Crippen LogP contribution in [0.5, 0.6) is 0 Å². The largest absolute Gasteiger partial charge is 0.326 e. The highest BCUT2D eigenvalue weighted by Crippen LogP contribution is 2.28. The highest BCUT2D eigenvalue weighted by Gasteiger charge is 2.20. The van der Waals surface area contributed by atoms with E-state index in [9.17, 15) is 4.79 Å². The molecule has 0 aromatic carbocycles. The second-order valence-corrected chi connectivity index (χ2v) is 7.13. The predicted molar refractivity (Wildman–Crippen MR) is 81.6 cm³/mol. The van der Waals surface area contributed by atoms with Gasteiger partial charge in [0.15, 0.2) is 0 Å². The topological polar surface area (TPSA) is 44.9 Å². The molecule has 2 N–H and O–H groups in total. The first-order valence-electron chi connectivity index (χ1n) is 6.41. The molecule has 1 unspecified atom stereocenters. The van der Waals surface area contributed by atoms with Crippen LogP contribution in [0.4, 0.5) is 0 Å². The van der Waals surface area contributed by atoms with E-state index < -0.39 is 0 Å². The van der Waals surface area contributed by atoms with Gasteiger partial charge in [0, 0.05) is 24.3 Å². The van der Waals surface area contributed by atoms with E-state index in [4.69, 9.17) is 0 Å². The minimum absolute atomic E-state index is 0.00108. The molecule has 1 aliphatic carbocycles. The van der Waals surface area contributed by atoms with Crippen molar-refractivity contribution in [3.63, 3.8) is 0 Å². The average Bonchev–Trinajstić information content (AvgIpc) is 2.81. The second kappa shape index (κ2) is 5.61. The third-order valence-corrected chi connectivity index (χ3v) is 5.06. The van der Waals surface area contributed by atoms with E-state index >= 15 is 0 Å².